The number of carbonyl (C=O) groups excluding carboxylic acids is 2. The Morgan fingerprint density at radius 2 is 1.90 bits per heavy atom. The van der Waals surface area contributed by atoms with Gasteiger partial charge in [0.15, 0.2) is 11.6 Å². The third kappa shape index (κ3) is 4.98. The molecule has 3 heterocycles. The molecule has 1 atom stereocenters. The van der Waals surface area contributed by atoms with E-state index < -0.39 is 12.2 Å². The highest BCUT2D eigenvalue weighted by molar-refractivity contribution is 5.76. The van der Waals surface area contributed by atoms with E-state index in [2.05, 4.69) is 20.3 Å². The Balaban J connectivity index is 1.27. The zero-order valence-electron chi connectivity index (χ0n) is 15.7. The highest BCUT2D eigenvalue weighted by Crippen LogP contribution is 2.16. The first-order valence-corrected chi connectivity index (χ1v) is 9.31. The number of rotatable bonds is 5. The van der Waals surface area contributed by atoms with Crippen LogP contribution in [0.15, 0.2) is 42.7 Å². The molecule has 2 fully saturated rings. The van der Waals surface area contributed by atoms with Crippen LogP contribution in [0.5, 0.6) is 5.75 Å². The number of aromatic nitrogens is 2. The van der Waals surface area contributed by atoms with E-state index in [1.54, 1.807) is 0 Å². The number of benzene rings is 1. The van der Waals surface area contributed by atoms with E-state index in [1.165, 1.54) is 12.4 Å². The molecule has 2 saturated heterocycles. The van der Waals surface area contributed by atoms with Crippen molar-refractivity contribution in [2.24, 2.45) is 0 Å². The normalized spacial score (nSPS) is 19.7. The molecule has 10 heteroatoms. The van der Waals surface area contributed by atoms with Gasteiger partial charge in [-0.2, -0.15) is 0 Å². The average molecular weight is 399 g/mol. The molecule has 2 aliphatic heterocycles. The predicted octanol–water partition coefficient (Wildman–Crippen LogP) is 1.30. The number of morpholine rings is 1. The number of hydrogen-bond donors (Lipinski definition) is 1. The van der Waals surface area contributed by atoms with Gasteiger partial charge in [0.2, 0.25) is 0 Å². The second-order valence-corrected chi connectivity index (χ2v) is 6.64. The van der Waals surface area contributed by atoms with Crippen LogP contribution in [0.3, 0.4) is 0 Å². The van der Waals surface area contributed by atoms with Gasteiger partial charge in [0.1, 0.15) is 6.10 Å². The molecule has 0 spiro atoms. The first kappa shape index (κ1) is 19.1. The molecule has 0 aliphatic carbocycles. The molecule has 0 saturated carbocycles. The molecular weight excluding hydrogens is 378 g/mol. The Bertz CT molecular complexity index is 842. The zero-order valence-corrected chi connectivity index (χ0v) is 15.7. The second-order valence-electron chi connectivity index (χ2n) is 6.64. The first-order chi connectivity index (χ1) is 14.2. The summed E-state index contributed by atoms with van der Waals surface area (Å²) < 4.78 is 15.8. The van der Waals surface area contributed by atoms with Crippen LogP contribution >= 0.6 is 0 Å². The van der Waals surface area contributed by atoms with Crippen molar-refractivity contribution in [2.75, 3.05) is 39.4 Å². The maximum absolute atomic E-state index is 12.1. The molecule has 1 aromatic carbocycles. The zero-order chi connectivity index (χ0) is 20.1. The topological polar surface area (TPSA) is 106 Å². The summed E-state index contributed by atoms with van der Waals surface area (Å²) in [5.74, 6) is 0.687. The fourth-order valence-corrected chi connectivity index (χ4v) is 3.12. The molecule has 0 bridgehead atoms. The van der Waals surface area contributed by atoms with Crippen LogP contribution in [0.1, 0.15) is 0 Å². The number of nitrogens with one attached hydrogen (secondary N) is 1. The Labute approximate surface area is 167 Å². The van der Waals surface area contributed by atoms with Crippen LogP contribution in [0.4, 0.5) is 9.59 Å². The molecule has 10 nitrogen and oxygen atoms in total. The van der Waals surface area contributed by atoms with Crippen molar-refractivity contribution in [3.05, 3.63) is 42.7 Å². The van der Waals surface area contributed by atoms with Crippen LogP contribution in [-0.4, -0.2) is 77.6 Å². The van der Waals surface area contributed by atoms with E-state index in [1.807, 2.05) is 30.3 Å². The van der Waals surface area contributed by atoms with Crippen molar-refractivity contribution >= 4 is 12.2 Å². The smallest absolute Gasteiger partial charge is 0.431 e. The van der Waals surface area contributed by atoms with Gasteiger partial charge < -0.3 is 14.2 Å². The predicted molar refractivity (Wildman–Crippen MR) is 101 cm³/mol. The minimum absolute atomic E-state index is 0.166. The van der Waals surface area contributed by atoms with Crippen LogP contribution in [0.2, 0.25) is 0 Å². The van der Waals surface area contributed by atoms with Gasteiger partial charge in [0, 0.05) is 25.2 Å². The molecule has 2 aromatic rings. The third-order valence-electron chi connectivity index (χ3n) is 4.54. The molecule has 1 N–H and O–H groups in total. The minimum Gasteiger partial charge on any atom is -0.442 e. The van der Waals surface area contributed by atoms with Gasteiger partial charge in [0.05, 0.1) is 32.2 Å². The molecule has 29 heavy (non-hydrogen) atoms. The molecule has 2 amide bonds. The van der Waals surface area contributed by atoms with E-state index in [4.69, 9.17) is 14.2 Å². The van der Waals surface area contributed by atoms with E-state index in [-0.39, 0.29) is 18.4 Å². The number of hydrazine groups is 1. The molecule has 1 unspecified atom stereocenters. The van der Waals surface area contributed by atoms with Gasteiger partial charge in [-0.15, -0.1) is 0 Å². The molecule has 2 aliphatic rings. The highest BCUT2D eigenvalue weighted by atomic mass is 16.6. The standard InChI is InChI=1S/C19H21N5O5/c25-18(28-15-10-20-17(21-11-15)14-4-2-1-3-5-14)22-24-13-16(29-19(24)26)12-23-6-8-27-9-7-23/h1-5,10-11,16H,6-9,12-13H2,(H,22,25). The lowest BCUT2D eigenvalue weighted by Gasteiger charge is -2.27. The van der Waals surface area contributed by atoms with Crippen molar-refractivity contribution in [3.8, 4) is 17.1 Å². The molecule has 1 aromatic heterocycles. The van der Waals surface area contributed by atoms with Gasteiger partial charge in [-0.05, 0) is 0 Å². The molecule has 0 radical (unpaired) electrons. The quantitative estimate of drug-likeness (QED) is 0.802. The summed E-state index contributed by atoms with van der Waals surface area (Å²) >= 11 is 0. The fourth-order valence-electron chi connectivity index (χ4n) is 3.12. The summed E-state index contributed by atoms with van der Waals surface area (Å²) in [4.78, 5) is 34.6. The van der Waals surface area contributed by atoms with Gasteiger partial charge >= 0.3 is 12.2 Å². The fraction of sp³-hybridized carbons (Fsp3) is 0.368. The van der Waals surface area contributed by atoms with Crippen LogP contribution < -0.4 is 10.2 Å². The van der Waals surface area contributed by atoms with E-state index in [0.717, 1.165) is 23.7 Å². The Morgan fingerprint density at radius 3 is 2.62 bits per heavy atom. The number of cyclic esters (lactones) is 1. The lowest BCUT2D eigenvalue weighted by atomic mass is 10.2. The summed E-state index contributed by atoms with van der Waals surface area (Å²) in [5, 5.41) is 1.10. The largest absolute Gasteiger partial charge is 0.442 e. The van der Waals surface area contributed by atoms with E-state index in [9.17, 15) is 9.59 Å². The van der Waals surface area contributed by atoms with Gasteiger partial charge in [-0.3, -0.25) is 4.90 Å². The van der Waals surface area contributed by atoms with Crippen LogP contribution in [0.25, 0.3) is 11.4 Å². The third-order valence-corrected chi connectivity index (χ3v) is 4.54. The van der Waals surface area contributed by atoms with E-state index in [0.29, 0.717) is 25.6 Å². The van der Waals surface area contributed by atoms with Crippen LogP contribution in [0, 0.1) is 0 Å². The van der Waals surface area contributed by atoms with Gasteiger partial charge in [-0.25, -0.2) is 30.0 Å². The summed E-state index contributed by atoms with van der Waals surface area (Å²) in [7, 11) is 0. The summed E-state index contributed by atoms with van der Waals surface area (Å²) in [5.41, 5.74) is 3.25. The molecular formula is C19H21N5O5. The molecule has 152 valence electrons. The summed E-state index contributed by atoms with van der Waals surface area (Å²) in [6, 6.07) is 9.44. The average Bonchev–Trinajstić information content (AvgIpc) is 3.08. The SMILES string of the molecule is O=C(NN1CC(CN2CCOCC2)OC1=O)Oc1cnc(-c2ccccc2)nc1. The number of amides is 2. The first-order valence-electron chi connectivity index (χ1n) is 9.31. The number of hydrogen-bond acceptors (Lipinski definition) is 8. The molecule has 4 rings (SSSR count). The second kappa shape index (κ2) is 8.84. The Kier molecular flexibility index (Phi) is 5.82. The minimum atomic E-state index is -0.815. The number of nitrogens with zero attached hydrogens (tertiary/aromatic N) is 4. The van der Waals surface area contributed by atoms with Crippen molar-refractivity contribution in [2.45, 2.75) is 6.10 Å². The van der Waals surface area contributed by atoms with Crippen molar-refractivity contribution in [1.29, 1.82) is 0 Å². The van der Waals surface area contributed by atoms with E-state index >= 15 is 0 Å². The Hall–Kier alpha value is -3.24. The lowest BCUT2D eigenvalue weighted by Crippen LogP contribution is -2.46. The van der Waals surface area contributed by atoms with Crippen molar-refractivity contribution < 1.29 is 23.8 Å². The summed E-state index contributed by atoms with van der Waals surface area (Å²) in [6.45, 7) is 3.76. The summed E-state index contributed by atoms with van der Waals surface area (Å²) in [6.07, 6.45) is 1.05. The highest BCUT2D eigenvalue weighted by Gasteiger charge is 2.34. The lowest BCUT2D eigenvalue weighted by molar-refractivity contribution is 0.0188. The number of carbonyl (C=O) groups is 2. The van der Waals surface area contributed by atoms with Gasteiger partial charge in [0.25, 0.3) is 0 Å². The monoisotopic (exact) mass is 399 g/mol. The van der Waals surface area contributed by atoms with Crippen LogP contribution in [-0.2, 0) is 9.47 Å². The Morgan fingerprint density at radius 1 is 1.17 bits per heavy atom. The maximum atomic E-state index is 12.1. The van der Waals surface area contributed by atoms with Gasteiger partial charge in [-0.1, -0.05) is 30.3 Å². The maximum Gasteiger partial charge on any atom is 0.431 e. The number of ether oxygens (including phenoxy) is 3. The van der Waals surface area contributed by atoms with Crippen molar-refractivity contribution in [3.63, 3.8) is 0 Å². The van der Waals surface area contributed by atoms with Crippen molar-refractivity contribution in [1.82, 2.24) is 25.3 Å².